The van der Waals surface area contributed by atoms with Gasteiger partial charge in [0.2, 0.25) is 0 Å². The molecule has 0 saturated carbocycles. The Morgan fingerprint density at radius 3 is 2.11 bits per heavy atom. The molecule has 1 aliphatic rings. The molecule has 0 aliphatic carbocycles. The molecule has 0 radical (unpaired) electrons. The van der Waals surface area contributed by atoms with Gasteiger partial charge in [-0.05, 0) is 12.1 Å². The SMILES string of the molecule is COc1cccc(OC)c1C(=O)N1CCN(N)CC1. The first kappa shape index (κ1) is 13.6. The number of carbonyl (C=O) groups excluding carboxylic acids is 1. The molecule has 1 heterocycles. The van der Waals surface area contributed by atoms with E-state index in [1.807, 2.05) is 0 Å². The lowest BCUT2D eigenvalue weighted by atomic mass is 10.1. The number of benzene rings is 1. The lowest BCUT2D eigenvalue weighted by Gasteiger charge is -2.32. The number of carbonyl (C=O) groups is 1. The summed E-state index contributed by atoms with van der Waals surface area (Å²) in [5.74, 6) is 6.67. The number of hydrogen-bond donors (Lipinski definition) is 1. The minimum absolute atomic E-state index is 0.0811. The number of piperazine rings is 1. The fraction of sp³-hybridized carbons (Fsp3) is 0.462. The molecule has 1 aliphatic heterocycles. The van der Waals surface area contributed by atoms with Crippen LogP contribution in [-0.4, -0.2) is 56.2 Å². The third-order valence-corrected chi connectivity index (χ3v) is 3.24. The van der Waals surface area contributed by atoms with Crippen LogP contribution in [0.5, 0.6) is 11.5 Å². The maximum atomic E-state index is 12.6. The highest BCUT2D eigenvalue weighted by Crippen LogP contribution is 2.29. The minimum atomic E-state index is -0.0811. The standard InChI is InChI=1S/C13H19N3O3/c1-18-10-4-3-5-11(19-2)12(10)13(17)15-6-8-16(14)9-7-15/h3-5H,6-9,14H2,1-2H3. The van der Waals surface area contributed by atoms with Crippen LogP contribution in [0.25, 0.3) is 0 Å². The Hall–Kier alpha value is -1.79. The molecule has 0 spiro atoms. The molecule has 1 amide bonds. The first-order valence-corrected chi connectivity index (χ1v) is 6.17. The van der Waals surface area contributed by atoms with Gasteiger partial charge in [0.15, 0.2) is 0 Å². The molecule has 0 bridgehead atoms. The monoisotopic (exact) mass is 265 g/mol. The van der Waals surface area contributed by atoms with Gasteiger partial charge >= 0.3 is 0 Å². The second-order valence-electron chi connectivity index (χ2n) is 4.37. The second-order valence-corrected chi connectivity index (χ2v) is 4.37. The van der Waals surface area contributed by atoms with Gasteiger partial charge in [0, 0.05) is 26.2 Å². The number of hydrogen-bond acceptors (Lipinski definition) is 5. The number of nitrogens with zero attached hydrogens (tertiary/aromatic N) is 2. The summed E-state index contributed by atoms with van der Waals surface area (Å²) in [6.07, 6.45) is 0. The second kappa shape index (κ2) is 5.90. The number of ether oxygens (including phenoxy) is 2. The first-order chi connectivity index (χ1) is 9.17. The first-order valence-electron chi connectivity index (χ1n) is 6.17. The van der Waals surface area contributed by atoms with E-state index in [0.29, 0.717) is 43.2 Å². The fourth-order valence-electron chi connectivity index (χ4n) is 2.15. The van der Waals surface area contributed by atoms with Gasteiger partial charge in [-0.1, -0.05) is 6.07 Å². The predicted molar refractivity (Wildman–Crippen MR) is 71.2 cm³/mol. The Bertz CT molecular complexity index is 434. The molecule has 0 aromatic heterocycles. The Kier molecular flexibility index (Phi) is 4.24. The van der Waals surface area contributed by atoms with Gasteiger partial charge in [-0.25, -0.2) is 5.01 Å². The van der Waals surface area contributed by atoms with Crippen molar-refractivity contribution >= 4 is 5.91 Å². The van der Waals surface area contributed by atoms with Crippen molar-refractivity contribution in [2.24, 2.45) is 5.84 Å². The van der Waals surface area contributed by atoms with Gasteiger partial charge in [-0.3, -0.25) is 10.6 Å². The van der Waals surface area contributed by atoms with Gasteiger partial charge in [0.1, 0.15) is 17.1 Å². The molecule has 2 rings (SSSR count). The van der Waals surface area contributed by atoms with Crippen LogP contribution in [-0.2, 0) is 0 Å². The molecule has 19 heavy (non-hydrogen) atoms. The van der Waals surface area contributed by atoms with E-state index >= 15 is 0 Å². The Morgan fingerprint density at radius 2 is 1.63 bits per heavy atom. The quantitative estimate of drug-likeness (QED) is 0.798. The highest BCUT2D eigenvalue weighted by molar-refractivity contribution is 5.99. The third-order valence-electron chi connectivity index (χ3n) is 3.24. The van der Waals surface area contributed by atoms with Gasteiger partial charge < -0.3 is 14.4 Å². The molecule has 6 heteroatoms. The molecule has 104 valence electrons. The molecule has 0 atom stereocenters. The van der Waals surface area contributed by atoms with Gasteiger partial charge in [0.05, 0.1) is 14.2 Å². The number of hydrazine groups is 1. The summed E-state index contributed by atoms with van der Waals surface area (Å²) in [5, 5.41) is 1.71. The van der Waals surface area contributed by atoms with E-state index in [-0.39, 0.29) is 5.91 Å². The van der Waals surface area contributed by atoms with Crippen LogP contribution >= 0.6 is 0 Å². The topological polar surface area (TPSA) is 68.0 Å². The van der Waals surface area contributed by atoms with Crippen LogP contribution in [0.1, 0.15) is 10.4 Å². The van der Waals surface area contributed by atoms with Crippen LogP contribution in [0.2, 0.25) is 0 Å². The third kappa shape index (κ3) is 2.80. The summed E-state index contributed by atoms with van der Waals surface area (Å²) in [6, 6.07) is 5.32. The van der Waals surface area contributed by atoms with Crippen LogP contribution < -0.4 is 15.3 Å². The molecule has 2 N–H and O–H groups in total. The molecule has 1 saturated heterocycles. The van der Waals surface area contributed by atoms with E-state index in [2.05, 4.69) is 0 Å². The van der Waals surface area contributed by atoms with Crippen LogP contribution in [0.3, 0.4) is 0 Å². The van der Waals surface area contributed by atoms with Gasteiger partial charge in [-0.2, -0.15) is 0 Å². The van der Waals surface area contributed by atoms with Crippen molar-refractivity contribution in [3.63, 3.8) is 0 Å². The van der Waals surface area contributed by atoms with Crippen molar-refractivity contribution < 1.29 is 14.3 Å². The molecule has 1 aromatic rings. The van der Waals surface area contributed by atoms with Gasteiger partial charge in [0.25, 0.3) is 5.91 Å². The summed E-state index contributed by atoms with van der Waals surface area (Å²) in [4.78, 5) is 14.3. The summed E-state index contributed by atoms with van der Waals surface area (Å²) < 4.78 is 10.5. The molecule has 1 aromatic carbocycles. The normalized spacial score (nSPS) is 16.3. The van der Waals surface area contributed by atoms with E-state index in [4.69, 9.17) is 15.3 Å². The zero-order chi connectivity index (χ0) is 13.8. The average molecular weight is 265 g/mol. The summed E-state index contributed by atoms with van der Waals surface area (Å²) in [6.45, 7) is 2.56. The van der Waals surface area contributed by atoms with Crippen molar-refractivity contribution in [1.29, 1.82) is 0 Å². The molecule has 1 fully saturated rings. The van der Waals surface area contributed by atoms with Crippen LogP contribution in [0.15, 0.2) is 18.2 Å². The lowest BCUT2D eigenvalue weighted by molar-refractivity contribution is 0.0631. The predicted octanol–water partition coefficient (Wildman–Crippen LogP) is 0.335. The maximum Gasteiger partial charge on any atom is 0.261 e. The van der Waals surface area contributed by atoms with E-state index in [1.165, 1.54) is 0 Å². The highest BCUT2D eigenvalue weighted by atomic mass is 16.5. The van der Waals surface area contributed by atoms with E-state index in [1.54, 1.807) is 42.3 Å². The zero-order valence-corrected chi connectivity index (χ0v) is 11.3. The molecule has 0 unspecified atom stereocenters. The summed E-state index contributed by atoms with van der Waals surface area (Å²) in [7, 11) is 3.09. The number of rotatable bonds is 3. The Labute approximate surface area is 112 Å². The van der Waals surface area contributed by atoms with E-state index < -0.39 is 0 Å². The number of methoxy groups -OCH3 is 2. The summed E-state index contributed by atoms with van der Waals surface area (Å²) >= 11 is 0. The Morgan fingerprint density at radius 1 is 1.11 bits per heavy atom. The van der Waals surface area contributed by atoms with Gasteiger partial charge in [-0.15, -0.1) is 0 Å². The van der Waals surface area contributed by atoms with Crippen molar-refractivity contribution in [3.8, 4) is 11.5 Å². The molecular formula is C13H19N3O3. The van der Waals surface area contributed by atoms with E-state index in [9.17, 15) is 4.79 Å². The number of amides is 1. The fourth-order valence-corrected chi connectivity index (χ4v) is 2.15. The maximum absolute atomic E-state index is 12.6. The summed E-state index contributed by atoms with van der Waals surface area (Å²) in [5.41, 5.74) is 0.470. The highest BCUT2D eigenvalue weighted by Gasteiger charge is 2.26. The zero-order valence-electron chi connectivity index (χ0n) is 11.3. The van der Waals surface area contributed by atoms with Crippen molar-refractivity contribution in [2.75, 3.05) is 40.4 Å². The smallest absolute Gasteiger partial charge is 0.261 e. The molecular weight excluding hydrogens is 246 g/mol. The minimum Gasteiger partial charge on any atom is -0.496 e. The van der Waals surface area contributed by atoms with E-state index in [0.717, 1.165) is 0 Å². The number of nitrogens with two attached hydrogens (primary N) is 1. The van der Waals surface area contributed by atoms with Crippen molar-refractivity contribution in [1.82, 2.24) is 9.91 Å². The lowest BCUT2D eigenvalue weighted by Crippen LogP contribution is -2.51. The largest absolute Gasteiger partial charge is 0.496 e. The average Bonchev–Trinajstić information content (AvgIpc) is 2.46. The molecule has 6 nitrogen and oxygen atoms in total. The van der Waals surface area contributed by atoms with Crippen molar-refractivity contribution in [2.45, 2.75) is 0 Å². The Balaban J connectivity index is 2.27. The van der Waals surface area contributed by atoms with Crippen LogP contribution in [0, 0.1) is 0 Å². The van der Waals surface area contributed by atoms with Crippen molar-refractivity contribution in [3.05, 3.63) is 23.8 Å². The van der Waals surface area contributed by atoms with Crippen LogP contribution in [0.4, 0.5) is 0 Å².